The SMILES string of the molecule is COc1ccc(C(OC[C@H]2O[C@@H](n3ccc(=O)[nH]c3=O)[C@H](NC(=O)NC(C)C)[C@@H]2OP(OCCC#N)N(C(C)C)C(C)C)(c2ccccc2)c2ccc(OC)cc2)cc1. The lowest BCUT2D eigenvalue weighted by Crippen LogP contribution is -2.53. The number of H-pyrrole nitrogens is 1. The second kappa shape index (κ2) is 20.8. The molecular weight excluding hydrogens is 775 g/mol. The van der Waals surface area contributed by atoms with E-state index in [0.717, 1.165) is 16.7 Å². The second-order valence-corrected chi connectivity index (χ2v) is 16.2. The van der Waals surface area contributed by atoms with Gasteiger partial charge >= 0.3 is 11.7 Å². The number of hydrogen-bond acceptors (Lipinski definition) is 11. The van der Waals surface area contributed by atoms with Gasteiger partial charge in [0.05, 0.1) is 39.9 Å². The van der Waals surface area contributed by atoms with Crippen LogP contribution in [-0.4, -0.2) is 84.1 Å². The summed E-state index contributed by atoms with van der Waals surface area (Å²) in [5.74, 6) is 1.32. The van der Waals surface area contributed by atoms with Gasteiger partial charge in [0.2, 0.25) is 0 Å². The minimum Gasteiger partial charge on any atom is -0.497 e. The summed E-state index contributed by atoms with van der Waals surface area (Å²) in [4.78, 5) is 41.6. The maximum atomic E-state index is 13.6. The number of rotatable bonds is 19. The van der Waals surface area contributed by atoms with E-state index >= 15 is 0 Å². The number of carbonyl (C=O) groups is 1. The number of ether oxygens (including phenoxy) is 4. The molecule has 1 fully saturated rings. The molecule has 2 heterocycles. The van der Waals surface area contributed by atoms with E-state index < -0.39 is 55.9 Å². The standard InChI is InChI=1S/C43H55N6O9P/c1-28(2)45-41(51)47-38-39(58-59(56-26-12-24-44)49(29(3)4)30(5)6)36(57-40(38)48-25-23-37(50)46-42(48)52)27-55-43(31-13-10-9-11-14-31,32-15-19-34(53-7)20-16-32)33-17-21-35(54-8)22-18-33/h9-11,13-23,25,28-30,36,38-40H,12,26-27H2,1-8H3,(H2,45,47,51)(H,46,50,52)/t36-,38-,39-,40-,59?/m1/s1. The van der Waals surface area contributed by atoms with Gasteiger partial charge in [-0.2, -0.15) is 5.26 Å². The first-order valence-corrected chi connectivity index (χ1v) is 20.7. The maximum absolute atomic E-state index is 13.6. The van der Waals surface area contributed by atoms with Gasteiger partial charge in [0.15, 0.2) is 6.23 Å². The number of aromatic nitrogens is 2. The number of aromatic amines is 1. The van der Waals surface area contributed by atoms with Gasteiger partial charge in [-0.25, -0.2) is 14.3 Å². The molecule has 5 atom stereocenters. The third-order valence-corrected chi connectivity index (χ3v) is 11.8. The molecule has 1 aliphatic rings. The van der Waals surface area contributed by atoms with Crippen LogP contribution in [0.25, 0.3) is 0 Å². The summed E-state index contributed by atoms with van der Waals surface area (Å²) in [6.07, 6.45) is -1.70. The molecular formula is C43H55N6O9P. The molecule has 1 saturated heterocycles. The summed E-state index contributed by atoms with van der Waals surface area (Å²) in [7, 11) is 1.30. The van der Waals surface area contributed by atoms with Gasteiger partial charge < -0.3 is 38.6 Å². The monoisotopic (exact) mass is 830 g/mol. The van der Waals surface area contributed by atoms with Crippen LogP contribution in [0.1, 0.15) is 70.9 Å². The number of benzene rings is 3. The molecule has 59 heavy (non-hydrogen) atoms. The maximum Gasteiger partial charge on any atom is 0.330 e. The van der Waals surface area contributed by atoms with E-state index in [1.807, 2.05) is 120 Å². The van der Waals surface area contributed by atoms with Crippen LogP contribution in [0.5, 0.6) is 11.5 Å². The van der Waals surface area contributed by atoms with Gasteiger partial charge in [-0.1, -0.05) is 54.6 Å². The highest BCUT2D eigenvalue weighted by Crippen LogP contribution is 2.51. The molecule has 1 aliphatic heterocycles. The molecule has 1 unspecified atom stereocenters. The summed E-state index contributed by atoms with van der Waals surface area (Å²) in [6, 6.07) is 26.4. The van der Waals surface area contributed by atoms with Gasteiger partial charge in [-0.05, 0) is 82.5 Å². The van der Waals surface area contributed by atoms with Crippen molar-refractivity contribution in [2.24, 2.45) is 0 Å². The van der Waals surface area contributed by atoms with Crippen molar-refractivity contribution >= 4 is 14.6 Å². The molecule has 3 N–H and O–H groups in total. The minimum absolute atomic E-state index is 0.0515. The average Bonchev–Trinajstić information content (AvgIpc) is 3.53. The predicted molar refractivity (Wildman–Crippen MR) is 224 cm³/mol. The van der Waals surface area contributed by atoms with E-state index in [1.165, 1.54) is 16.8 Å². The lowest BCUT2D eigenvalue weighted by molar-refractivity contribution is -0.0928. The molecule has 15 nitrogen and oxygen atoms in total. The predicted octanol–water partition coefficient (Wildman–Crippen LogP) is 6.20. The van der Waals surface area contributed by atoms with Crippen LogP contribution >= 0.6 is 8.53 Å². The fourth-order valence-electron chi connectivity index (χ4n) is 7.16. The van der Waals surface area contributed by atoms with Crippen LogP contribution in [0.15, 0.2) is 101 Å². The largest absolute Gasteiger partial charge is 0.497 e. The van der Waals surface area contributed by atoms with Crippen molar-refractivity contribution in [3.8, 4) is 17.6 Å². The fourth-order valence-corrected chi connectivity index (χ4v) is 8.94. The van der Waals surface area contributed by atoms with E-state index in [2.05, 4.69) is 26.4 Å². The first-order valence-electron chi connectivity index (χ1n) is 19.6. The van der Waals surface area contributed by atoms with Crippen LogP contribution in [0.3, 0.4) is 0 Å². The van der Waals surface area contributed by atoms with Crippen molar-refractivity contribution < 1.29 is 32.8 Å². The van der Waals surface area contributed by atoms with Gasteiger partial charge in [0, 0.05) is 30.4 Å². The summed E-state index contributed by atoms with van der Waals surface area (Å²) >= 11 is 0. The summed E-state index contributed by atoms with van der Waals surface area (Å²) in [6.45, 7) is 11.7. The molecule has 0 saturated carbocycles. The van der Waals surface area contributed by atoms with Crippen LogP contribution < -0.4 is 31.4 Å². The van der Waals surface area contributed by atoms with Crippen molar-refractivity contribution in [1.82, 2.24) is 24.9 Å². The quantitative estimate of drug-likeness (QED) is 0.0557. The second-order valence-electron chi connectivity index (χ2n) is 14.8. The molecule has 1 aromatic heterocycles. The molecule has 0 spiro atoms. The van der Waals surface area contributed by atoms with E-state index in [1.54, 1.807) is 14.2 Å². The lowest BCUT2D eigenvalue weighted by atomic mass is 9.80. The minimum atomic E-state index is -1.90. The van der Waals surface area contributed by atoms with Gasteiger partial charge in [-0.3, -0.25) is 14.3 Å². The number of methoxy groups -OCH3 is 2. The summed E-state index contributed by atoms with van der Waals surface area (Å²) in [5, 5.41) is 15.3. The van der Waals surface area contributed by atoms with E-state index in [0.29, 0.717) is 11.5 Å². The van der Waals surface area contributed by atoms with Crippen molar-refractivity contribution in [2.75, 3.05) is 27.4 Å². The number of nitrogens with zero attached hydrogens (tertiary/aromatic N) is 3. The highest BCUT2D eigenvalue weighted by Gasteiger charge is 2.51. The zero-order valence-electron chi connectivity index (χ0n) is 34.8. The fraction of sp³-hybridized carbons (Fsp3) is 0.442. The third kappa shape index (κ3) is 10.8. The third-order valence-electron chi connectivity index (χ3n) is 9.70. The van der Waals surface area contributed by atoms with Crippen LogP contribution in [0.2, 0.25) is 0 Å². The van der Waals surface area contributed by atoms with Crippen molar-refractivity contribution in [3.05, 3.63) is 129 Å². The Kier molecular flexibility index (Phi) is 15.8. The summed E-state index contributed by atoms with van der Waals surface area (Å²) in [5.41, 5.74) is -0.237. The zero-order valence-corrected chi connectivity index (χ0v) is 35.7. The van der Waals surface area contributed by atoms with Gasteiger partial charge in [0.1, 0.15) is 35.3 Å². The Hall–Kier alpha value is -5.07. The summed E-state index contributed by atoms with van der Waals surface area (Å²) < 4.78 is 41.8. The van der Waals surface area contributed by atoms with E-state index in [9.17, 15) is 19.6 Å². The molecule has 4 aromatic rings. The van der Waals surface area contributed by atoms with Gasteiger partial charge in [-0.15, -0.1) is 0 Å². The van der Waals surface area contributed by atoms with E-state index in [-0.39, 0.29) is 37.8 Å². The number of carbonyl (C=O) groups excluding carboxylic acids is 1. The lowest BCUT2D eigenvalue weighted by Gasteiger charge is -2.39. The Labute approximate surface area is 346 Å². The molecule has 0 aliphatic carbocycles. The topological polar surface area (TPSA) is 178 Å². The highest BCUT2D eigenvalue weighted by atomic mass is 31.2. The van der Waals surface area contributed by atoms with Crippen LogP contribution in [-0.2, 0) is 24.1 Å². The van der Waals surface area contributed by atoms with Crippen LogP contribution in [0.4, 0.5) is 4.79 Å². The number of nitriles is 1. The number of urea groups is 1. The van der Waals surface area contributed by atoms with Crippen molar-refractivity contribution in [2.45, 2.75) is 96.2 Å². The Morgan fingerprint density at radius 2 is 1.47 bits per heavy atom. The van der Waals surface area contributed by atoms with Crippen molar-refractivity contribution in [1.29, 1.82) is 5.26 Å². The Bertz CT molecular complexity index is 2050. The van der Waals surface area contributed by atoms with Gasteiger partial charge in [0.25, 0.3) is 14.1 Å². The van der Waals surface area contributed by atoms with E-state index in [4.69, 9.17) is 28.0 Å². The molecule has 0 radical (unpaired) electrons. The molecule has 16 heteroatoms. The van der Waals surface area contributed by atoms with Crippen LogP contribution in [0, 0.1) is 11.3 Å². The highest BCUT2D eigenvalue weighted by molar-refractivity contribution is 7.44. The average molecular weight is 831 g/mol. The number of nitrogens with one attached hydrogen (secondary N) is 3. The smallest absolute Gasteiger partial charge is 0.330 e. The molecule has 316 valence electrons. The zero-order chi connectivity index (χ0) is 42.7. The van der Waals surface area contributed by atoms with Crippen molar-refractivity contribution in [3.63, 3.8) is 0 Å². The first-order chi connectivity index (χ1) is 28.3. The molecule has 0 bridgehead atoms. The first kappa shape index (κ1) is 45.0. The Morgan fingerprint density at radius 1 is 0.898 bits per heavy atom. The Morgan fingerprint density at radius 3 is 1.98 bits per heavy atom. The molecule has 3 aromatic carbocycles. The Balaban J connectivity index is 1.70. The number of amides is 2. The number of hydrogen-bond donors (Lipinski definition) is 3. The molecule has 5 rings (SSSR count). The molecule has 2 amide bonds. The normalized spacial score (nSPS) is 18.6.